The van der Waals surface area contributed by atoms with Crippen LogP contribution in [-0.2, 0) is 21.9 Å². The summed E-state index contributed by atoms with van der Waals surface area (Å²) >= 11 is 1.40. The zero-order valence-electron chi connectivity index (χ0n) is 17.2. The summed E-state index contributed by atoms with van der Waals surface area (Å²) < 4.78 is 43.5. The summed E-state index contributed by atoms with van der Waals surface area (Å²) in [5, 5.41) is 2.16. The normalized spacial score (nSPS) is 18.1. The van der Waals surface area contributed by atoms with Crippen LogP contribution >= 0.6 is 11.3 Å². The number of thiazole rings is 1. The molecule has 9 heteroatoms. The van der Waals surface area contributed by atoms with E-state index in [-0.39, 0.29) is 11.4 Å². The first-order valence-corrected chi connectivity index (χ1v) is 12.5. The Labute approximate surface area is 188 Å². The molecule has 164 valence electrons. The maximum absolute atomic E-state index is 13.2. The van der Waals surface area contributed by atoms with Crippen LogP contribution in [0.3, 0.4) is 0 Å². The summed E-state index contributed by atoms with van der Waals surface area (Å²) in [6, 6.07) is 15.8. The summed E-state index contributed by atoms with van der Waals surface area (Å²) in [5.74, 6) is -1.00. The summed E-state index contributed by atoms with van der Waals surface area (Å²) in [5.41, 5.74) is 0.988. The molecule has 0 spiro atoms. The molecule has 1 aliphatic heterocycles. The monoisotopic (exact) mass is 469 g/mol. The molecule has 0 bridgehead atoms. The van der Waals surface area contributed by atoms with Crippen LogP contribution in [0.25, 0.3) is 21.0 Å². The van der Waals surface area contributed by atoms with Crippen LogP contribution in [-0.4, -0.2) is 35.8 Å². The van der Waals surface area contributed by atoms with Gasteiger partial charge in [0.05, 0.1) is 15.1 Å². The molecule has 0 aliphatic carbocycles. The van der Waals surface area contributed by atoms with E-state index in [1.54, 1.807) is 0 Å². The second-order valence-corrected chi connectivity index (χ2v) is 10.7. The highest BCUT2D eigenvalue weighted by Gasteiger charge is 2.39. The molecule has 1 saturated heterocycles. The van der Waals surface area contributed by atoms with Crippen LogP contribution in [0.4, 0.5) is 4.39 Å². The van der Waals surface area contributed by atoms with Crippen molar-refractivity contribution < 1.29 is 17.6 Å². The third kappa shape index (κ3) is 3.46. The van der Waals surface area contributed by atoms with Crippen LogP contribution in [0.15, 0.2) is 70.6 Å². The second kappa shape index (κ2) is 7.91. The van der Waals surface area contributed by atoms with Gasteiger partial charge in [0.15, 0.2) is 4.80 Å². The van der Waals surface area contributed by atoms with Crippen LogP contribution in [0.5, 0.6) is 0 Å². The van der Waals surface area contributed by atoms with Gasteiger partial charge in [-0.1, -0.05) is 41.7 Å². The van der Waals surface area contributed by atoms with Crippen LogP contribution in [0, 0.1) is 5.82 Å². The number of hydrogen-bond donors (Lipinski definition) is 0. The molecule has 0 N–H and O–H groups in total. The largest absolute Gasteiger partial charge is 0.319 e. The molecule has 4 aromatic rings. The van der Waals surface area contributed by atoms with Crippen LogP contribution < -0.4 is 4.80 Å². The molecule has 0 saturated carbocycles. The first-order chi connectivity index (χ1) is 15.4. The Kier molecular flexibility index (Phi) is 5.19. The van der Waals surface area contributed by atoms with Crippen molar-refractivity contribution in [1.29, 1.82) is 0 Å². The van der Waals surface area contributed by atoms with Crippen molar-refractivity contribution >= 4 is 48.3 Å². The molecular formula is C23H20FN3O3S2. The fourth-order valence-electron chi connectivity index (χ4n) is 4.21. The Morgan fingerprint density at radius 2 is 1.84 bits per heavy atom. The average molecular weight is 470 g/mol. The first kappa shape index (κ1) is 21.0. The summed E-state index contributed by atoms with van der Waals surface area (Å²) in [6.45, 7) is 0.231. The van der Waals surface area contributed by atoms with Crippen molar-refractivity contribution in [2.45, 2.75) is 23.8 Å². The van der Waals surface area contributed by atoms with Gasteiger partial charge in [-0.2, -0.15) is 9.30 Å². The minimum Gasteiger partial charge on any atom is -0.319 e. The van der Waals surface area contributed by atoms with E-state index in [0.717, 1.165) is 33.1 Å². The molecule has 1 amide bonds. The van der Waals surface area contributed by atoms with E-state index in [4.69, 9.17) is 0 Å². The molecule has 1 aromatic heterocycles. The van der Waals surface area contributed by atoms with Crippen molar-refractivity contribution in [3.63, 3.8) is 0 Å². The van der Waals surface area contributed by atoms with E-state index in [1.165, 1.54) is 27.8 Å². The lowest BCUT2D eigenvalue weighted by molar-refractivity contribution is -0.121. The number of carbonyl (C=O) groups excluding carboxylic acids is 1. The van der Waals surface area contributed by atoms with E-state index in [0.29, 0.717) is 17.6 Å². The molecule has 1 aliphatic rings. The fourth-order valence-corrected chi connectivity index (χ4v) is 6.90. The van der Waals surface area contributed by atoms with Gasteiger partial charge in [0.2, 0.25) is 10.0 Å². The number of aromatic nitrogens is 1. The van der Waals surface area contributed by atoms with Crippen molar-refractivity contribution in [1.82, 2.24) is 8.87 Å². The molecule has 3 aromatic carbocycles. The number of fused-ring (bicyclic) bond motifs is 3. The molecule has 1 fully saturated rings. The molecule has 1 unspecified atom stereocenters. The number of benzene rings is 3. The van der Waals surface area contributed by atoms with Crippen molar-refractivity contribution in [2.24, 2.45) is 12.0 Å². The minimum atomic E-state index is -3.92. The van der Waals surface area contributed by atoms with Gasteiger partial charge in [-0.3, -0.25) is 4.79 Å². The van der Waals surface area contributed by atoms with E-state index >= 15 is 0 Å². The zero-order chi connectivity index (χ0) is 22.5. The Hall–Kier alpha value is -2.88. The third-order valence-electron chi connectivity index (χ3n) is 5.80. The van der Waals surface area contributed by atoms with Gasteiger partial charge in [0.1, 0.15) is 11.9 Å². The standard InChI is InChI=1S/C23H20FN3O3S2/c1-26-21-18-6-3-2-5-15(18)8-13-20(21)31-23(26)25-22(28)19-7-4-14-27(19)32(29,30)17-11-9-16(24)10-12-17/h2-3,5-6,8-13,19H,4,7,14H2,1H3. The minimum absolute atomic E-state index is 0.0301. The van der Waals surface area contributed by atoms with Gasteiger partial charge in [-0.05, 0) is 48.6 Å². The fraction of sp³-hybridized carbons (Fsp3) is 0.217. The third-order valence-corrected chi connectivity index (χ3v) is 8.82. The van der Waals surface area contributed by atoms with E-state index in [2.05, 4.69) is 4.99 Å². The highest BCUT2D eigenvalue weighted by Crippen LogP contribution is 2.28. The Balaban J connectivity index is 1.54. The quantitative estimate of drug-likeness (QED) is 0.458. The lowest BCUT2D eigenvalue weighted by Gasteiger charge is -2.21. The van der Waals surface area contributed by atoms with Crippen molar-refractivity contribution in [3.8, 4) is 0 Å². The molecule has 5 rings (SSSR count). The van der Waals surface area contributed by atoms with Crippen LogP contribution in [0.1, 0.15) is 12.8 Å². The number of sulfonamides is 1. The number of halogens is 1. The van der Waals surface area contributed by atoms with Crippen molar-refractivity contribution in [2.75, 3.05) is 6.54 Å². The van der Waals surface area contributed by atoms with Gasteiger partial charge in [-0.25, -0.2) is 12.8 Å². The van der Waals surface area contributed by atoms with Gasteiger partial charge < -0.3 is 4.57 Å². The van der Waals surface area contributed by atoms with Crippen LogP contribution in [0.2, 0.25) is 0 Å². The molecule has 32 heavy (non-hydrogen) atoms. The van der Waals surface area contributed by atoms with Gasteiger partial charge in [-0.15, -0.1) is 0 Å². The molecule has 2 heterocycles. The maximum Gasteiger partial charge on any atom is 0.266 e. The lowest BCUT2D eigenvalue weighted by Crippen LogP contribution is -2.40. The molecule has 1 atom stereocenters. The predicted molar refractivity (Wildman–Crippen MR) is 122 cm³/mol. The molecular weight excluding hydrogens is 449 g/mol. The topological polar surface area (TPSA) is 71.7 Å². The number of amides is 1. The number of nitrogens with zero attached hydrogens (tertiary/aromatic N) is 3. The Morgan fingerprint density at radius 3 is 2.62 bits per heavy atom. The summed E-state index contributed by atoms with van der Waals surface area (Å²) in [7, 11) is -2.06. The molecule has 6 nitrogen and oxygen atoms in total. The van der Waals surface area contributed by atoms with Gasteiger partial charge in [0, 0.05) is 19.0 Å². The smallest absolute Gasteiger partial charge is 0.266 e. The SMILES string of the molecule is Cn1c(=NC(=O)C2CCCN2S(=O)(=O)c2ccc(F)cc2)sc2ccc3ccccc3c21. The Bertz CT molecular complexity index is 1520. The highest BCUT2D eigenvalue weighted by molar-refractivity contribution is 7.89. The lowest BCUT2D eigenvalue weighted by atomic mass is 10.1. The van der Waals surface area contributed by atoms with Gasteiger partial charge in [0.25, 0.3) is 5.91 Å². The highest BCUT2D eigenvalue weighted by atomic mass is 32.2. The zero-order valence-corrected chi connectivity index (χ0v) is 18.9. The predicted octanol–water partition coefficient (Wildman–Crippen LogP) is 3.81. The van der Waals surface area contributed by atoms with E-state index < -0.39 is 27.8 Å². The summed E-state index contributed by atoms with van der Waals surface area (Å²) in [4.78, 5) is 17.9. The average Bonchev–Trinajstić information content (AvgIpc) is 3.40. The number of hydrogen-bond acceptors (Lipinski definition) is 4. The van der Waals surface area contributed by atoms with Crippen molar-refractivity contribution in [3.05, 3.63) is 71.3 Å². The Morgan fingerprint density at radius 1 is 1.09 bits per heavy atom. The number of rotatable bonds is 3. The van der Waals surface area contributed by atoms with E-state index in [9.17, 15) is 17.6 Å². The number of carbonyl (C=O) groups is 1. The maximum atomic E-state index is 13.2. The molecule has 0 radical (unpaired) electrons. The second-order valence-electron chi connectivity index (χ2n) is 7.75. The number of aryl methyl sites for hydroxylation is 1. The summed E-state index contributed by atoms with van der Waals surface area (Å²) in [6.07, 6.45) is 0.968. The first-order valence-electron chi connectivity index (χ1n) is 10.2. The van der Waals surface area contributed by atoms with Gasteiger partial charge >= 0.3 is 0 Å². The van der Waals surface area contributed by atoms with E-state index in [1.807, 2.05) is 48.0 Å².